The Morgan fingerprint density at radius 3 is 2.70 bits per heavy atom. The number of thioether (sulfide) groups is 1. The van der Waals surface area contributed by atoms with E-state index in [1.54, 1.807) is 0 Å². The minimum absolute atomic E-state index is 0.00458. The van der Waals surface area contributed by atoms with Gasteiger partial charge in [-0.05, 0) is 50.5 Å². The monoisotopic (exact) mass is 292 g/mol. The van der Waals surface area contributed by atoms with Crippen LogP contribution in [0.2, 0.25) is 0 Å². The summed E-state index contributed by atoms with van der Waals surface area (Å²) in [6.45, 7) is 3.96. The lowest BCUT2D eigenvalue weighted by Gasteiger charge is -2.24. The summed E-state index contributed by atoms with van der Waals surface area (Å²) in [5.74, 6) is 0.0912. The lowest BCUT2D eigenvalue weighted by Crippen LogP contribution is -2.25. The van der Waals surface area contributed by atoms with Crippen molar-refractivity contribution in [2.75, 3.05) is 11.1 Å². The standard InChI is InChI=1S/C16H24N2OS/c1-11-10-13(17)8-9-15(11)18-16(19)12(2)20-14-6-4-3-5-7-14/h8-10,12,14H,3-7,17H2,1-2H3,(H,18,19). The van der Waals surface area contributed by atoms with E-state index in [1.807, 2.05) is 43.8 Å². The van der Waals surface area contributed by atoms with Gasteiger partial charge in [0, 0.05) is 16.6 Å². The van der Waals surface area contributed by atoms with Gasteiger partial charge in [0.05, 0.1) is 5.25 Å². The molecule has 1 saturated carbocycles. The number of nitrogens with two attached hydrogens (primary N) is 1. The molecule has 1 aliphatic rings. The van der Waals surface area contributed by atoms with Gasteiger partial charge < -0.3 is 11.1 Å². The normalized spacial score (nSPS) is 17.7. The SMILES string of the molecule is Cc1cc(N)ccc1NC(=O)C(C)SC1CCCCC1. The van der Waals surface area contributed by atoms with Gasteiger partial charge in [-0.1, -0.05) is 19.3 Å². The van der Waals surface area contributed by atoms with Gasteiger partial charge in [-0.25, -0.2) is 0 Å². The summed E-state index contributed by atoms with van der Waals surface area (Å²) in [6, 6.07) is 5.58. The minimum atomic E-state index is -0.00458. The molecule has 1 unspecified atom stereocenters. The van der Waals surface area contributed by atoms with Crippen LogP contribution in [-0.2, 0) is 4.79 Å². The number of rotatable bonds is 4. The average molecular weight is 292 g/mol. The number of anilines is 2. The molecule has 1 aromatic rings. The van der Waals surface area contributed by atoms with Crippen LogP contribution in [0, 0.1) is 6.92 Å². The smallest absolute Gasteiger partial charge is 0.237 e. The number of nitrogens with one attached hydrogen (secondary N) is 1. The van der Waals surface area contributed by atoms with Gasteiger partial charge in [-0.15, -0.1) is 11.8 Å². The molecule has 0 aromatic heterocycles. The molecule has 1 amide bonds. The van der Waals surface area contributed by atoms with Gasteiger partial charge in [0.25, 0.3) is 0 Å². The number of hydrogen-bond donors (Lipinski definition) is 2. The number of carbonyl (C=O) groups is 1. The molecule has 3 nitrogen and oxygen atoms in total. The molecule has 0 spiro atoms. The van der Waals surface area contributed by atoms with Gasteiger partial charge in [0.2, 0.25) is 5.91 Å². The van der Waals surface area contributed by atoms with Crippen molar-refractivity contribution in [2.24, 2.45) is 0 Å². The summed E-state index contributed by atoms with van der Waals surface area (Å²) in [4.78, 5) is 12.3. The van der Waals surface area contributed by atoms with Crippen LogP contribution in [-0.4, -0.2) is 16.4 Å². The molecule has 1 aliphatic carbocycles. The molecule has 1 fully saturated rings. The van der Waals surface area contributed by atoms with Crippen LogP contribution in [0.1, 0.15) is 44.6 Å². The Morgan fingerprint density at radius 1 is 1.35 bits per heavy atom. The summed E-state index contributed by atoms with van der Waals surface area (Å²) >= 11 is 1.82. The maximum absolute atomic E-state index is 12.3. The molecule has 1 aromatic carbocycles. The lowest BCUT2D eigenvalue weighted by atomic mass is 10.0. The average Bonchev–Trinajstić information content (AvgIpc) is 2.43. The van der Waals surface area contributed by atoms with E-state index in [0.717, 1.165) is 16.9 Å². The van der Waals surface area contributed by atoms with Crippen molar-refractivity contribution in [1.29, 1.82) is 0 Å². The maximum Gasteiger partial charge on any atom is 0.237 e. The van der Waals surface area contributed by atoms with Crippen LogP contribution >= 0.6 is 11.8 Å². The van der Waals surface area contributed by atoms with E-state index in [2.05, 4.69) is 5.32 Å². The largest absolute Gasteiger partial charge is 0.399 e. The van der Waals surface area contributed by atoms with Gasteiger partial charge in [-0.2, -0.15) is 0 Å². The molecule has 3 N–H and O–H groups in total. The fourth-order valence-corrected chi connectivity index (χ4v) is 3.98. The summed E-state index contributed by atoms with van der Waals surface area (Å²) in [6.07, 6.45) is 6.47. The van der Waals surface area contributed by atoms with Crippen LogP contribution in [0.5, 0.6) is 0 Å². The van der Waals surface area contributed by atoms with E-state index < -0.39 is 0 Å². The van der Waals surface area contributed by atoms with Crippen molar-refractivity contribution in [3.8, 4) is 0 Å². The Balaban J connectivity index is 1.89. The molecule has 0 bridgehead atoms. The zero-order valence-corrected chi connectivity index (χ0v) is 13.1. The number of nitrogen functional groups attached to an aromatic ring is 1. The summed E-state index contributed by atoms with van der Waals surface area (Å²) < 4.78 is 0. The molecule has 20 heavy (non-hydrogen) atoms. The number of aryl methyl sites for hydroxylation is 1. The van der Waals surface area contributed by atoms with Crippen molar-refractivity contribution in [1.82, 2.24) is 0 Å². The van der Waals surface area contributed by atoms with Crippen molar-refractivity contribution >= 4 is 29.0 Å². The van der Waals surface area contributed by atoms with Crippen LogP contribution in [0.25, 0.3) is 0 Å². The molecule has 0 heterocycles. The molecule has 0 aliphatic heterocycles. The fourth-order valence-electron chi connectivity index (χ4n) is 2.61. The van der Waals surface area contributed by atoms with Crippen LogP contribution in [0.3, 0.4) is 0 Å². The summed E-state index contributed by atoms with van der Waals surface area (Å²) in [5, 5.41) is 3.66. The third-order valence-electron chi connectivity index (χ3n) is 3.83. The zero-order chi connectivity index (χ0) is 14.5. The number of carbonyl (C=O) groups excluding carboxylic acids is 1. The Morgan fingerprint density at radius 2 is 2.05 bits per heavy atom. The molecule has 0 saturated heterocycles. The predicted molar refractivity (Wildman–Crippen MR) is 88.1 cm³/mol. The van der Waals surface area contributed by atoms with Crippen LogP contribution in [0.15, 0.2) is 18.2 Å². The molecule has 2 rings (SSSR count). The third-order valence-corrected chi connectivity index (χ3v) is 5.30. The first-order valence-corrected chi connectivity index (χ1v) is 8.33. The van der Waals surface area contributed by atoms with E-state index >= 15 is 0 Å². The van der Waals surface area contributed by atoms with Gasteiger partial charge in [0.15, 0.2) is 0 Å². The number of amides is 1. The topological polar surface area (TPSA) is 55.1 Å². The first kappa shape index (κ1) is 15.2. The second kappa shape index (κ2) is 7.02. The second-order valence-electron chi connectivity index (χ2n) is 5.60. The van der Waals surface area contributed by atoms with E-state index in [9.17, 15) is 4.79 Å². The Hall–Kier alpha value is -1.16. The van der Waals surface area contributed by atoms with Gasteiger partial charge in [-0.3, -0.25) is 4.79 Å². The van der Waals surface area contributed by atoms with E-state index in [4.69, 9.17) is 5.73 Å². The molecular weight excluding hydrogens is 268 g/mol. The molecule has 110 valence electrons. The number of benzene rings is 1. The van der Waals surface area contributed by atoms with Crippen molar-refractivity contribution in [2.45, 2.75) is 56.5 Å². The van der Waals surface area contributed by atoms with Gasteiger partial charge >= 0.3 is 0 Å². The molecule has 0 radical (unpaired) electrons. The molecule has 4 heteroatoms. The quantitative estimate of drug-likeness (QED) is 0.826. The Bertz CT molecular complexity index is 470. The fraction of sp³-hybridized carbons (Fsp3) is 0.562. The van der Waals surface area contributed by atoms with E-state index in [1.165, 1.54) is 32.1 Å². The second-order valence-corrected chi connectivity index (χ2v) is 7.25. The highest BCUT2D eigenvalue weighted by molar-refractivity contribution is 8.01. The lowest BCUT2D eigenvalue weighted by molar-refractivity contribution is -0.115. The summed E-state index contributed by atoms with van der Waals surface area (Å²) in [7, 11) is 0. The van der Waals surface area contributed by atoms with Crippen molar-refractivity contribution in [3.05, 3.63) is 23.8 Å². The van der Waals surface area contributed by atoms with E-state index in [0.29, 0.717) is 5.25 Å². The highest BCUT2D eigenvalue weighted by Crippen LogP contribution is 2.31. The predicted octanol–water partition coefficient (Wildman–Crippen LogP) is 3.97. The third kappa shape index (κ3) is 4.17. The van der Waals surface area contributed by atoms with Crippen LogP contribution in [0.4, 0.5) is 11.4 Å². The minimum Gasteiger partial charge on any atom is -0.399 e. The first-order chi connectivity index (χ1) is 9.56. The highest BCUT2D eigenvalue weighted by Gasteiger charge is 2.21. The zero-order valence-electron chi connectivity index (χ0n) is 12.3. The van der Waals surface area contributed by atoms with E-state index in [-0.39, 0.29) is 11.2 Å². The molecular formula is C16H24N2OS. The Labute approximate surface area is 125 Å². The Kier molecular flexibility index (Phi) is 5.35. The summed E-state index contributed by atoms with van der Waals surface area (Å²) in [5.41, 5.74) is 8.32. The molecule has 1 atom stereocenters. The number of hydrogen-bond acceptors (Lipinski definition) is 3. The first-order valence-electron chi connectivity index (χ1n) is 7.38. The highest BCUT2D eigenvalue weighted by atomic mass is 32.2. The van der Waals surface area contributed by atoms with Crippen molar-refractivity contribution in [3.63, 3.8) is 0 Å². The maximum atomic E-state index is 12.3. The van der Waals surface area contributed by atoms with Crippen LogP contribution < -0.4 is 11.1 Å². The van der Waals surface area contributed by atoms with Gasteiger partial charge in [0.1, 0.15) is 0 Å². The van der Waals surface area contributed by atoms with Crippen molar-refractivity contribution < 1.29 is 4.79 Å².